The molecule has 0 aromatic rings. The van der Waals surface area contributed by atoms with E-state index in [4.69, 9.17) is 0 Å². The van der Waals surface area contributed by atoms with Gasteiger partial charge in [-0.15, -0.1) is 0 Å². The van der Waals surface area contributed by atoms with Crippen molar-refractivity contribution in [1.29, 1.82) is 0 Å². The molecular formula is C4H10AgN. The minimum absolute atomic E-state index is 1.08. The van der Waals surface area contributed by atoms with Crippen molar-refractivity contribution in [1.82, 2.24) is 3.30 Å². The van der Waals surface area contributed by atoms with Crippen LogP contribution in [-0.4, -0.2) is 16.4 Å². The van der Waals surface area contributed by atoms with Crippen molar-refractivity contribution in [2.24, 2.45) is 0 Å². The Kier molecular flexibility index (Phi) is 4.33. The summed E-state index contributed by atoms with van der Waals surface area (Å²) in [6.07, 6.45) is 0. The van der Waals surface area contributed by atoms with Crippen LogP contribution in [0.1, 0.15) is 13.8 Å². The Bertz CT molecular complexity index is 26.7. The van der Waals surface area contributed by atoms with Crippen molar-refractivity contribution >= 4 is 0 Å². The molecule has 6 heavy (non-hydrogen) atoms. The molecule has 0 radical (unpaired) electrons. The summed E-state index contributed by atoms with van der Waals surface area (Å²) in [4.78, 5) is 0. The molecule has 0 bridgehead atoms. The first-order chi connectivity index (χ1) is 2.81. The SMILES string of the molecule is CC[N]([Ag])CC. The van der Waals surface area contributed by atoms with Crippen LogP contribution in [-0.2, 0) is 21.3 Å². The molecule has 0 unspecified atom stereocenters. The third-order valence-corrected chi connectivity index (χ3v) is 1.58. The monoisotopic (exact) mass is 179 g/mol. The van der Waals surface area contributed by atoms with Crippen LogP contribution >= 0.6 is 0 Å². The Morgan fingerprint density at radius 2 is 1.67 bits per heavy atom. The first-order valence-corrected chi connectivity index (χ1v) is 2.84. The van der Waals surface area contributed by atoms with Gasteiger partial charge in [0.1, 0.15) is 0 Å². The van der Waals surface area contributed by atoms with Crippen LogP contribution in [0.4, 0.5) is 0 Å². The standard InChI is InChI=1S/C4H10N.Ag/c1-3-5-4-2;/h3-4H2,1-2H3;/q-1;+1. The first kappa shape index (κ1) is 6.70. The predicted octanol–water partition coefficient (Wildman–Crippen LogP) is 0.790. The zero-order valence-electron chi connectivity index (χ0n) is 4.16. The predicted molar refractivity (Wildman–Crippen MR) is 22.9 cm³/mol. The molecule has 1 nitrogen and oxygen atoms in total. The van der Waals surface area contributed by atoms with Crippen LogP contribution in [0.25, 0.3) is 0 Å². The number of hydrogen-bond donors (Lipinski definition) is 0. The Labute approximate surface area is 52.0 Å². The summed E-state index contributed by atoms with van der Waals surface area (Å²) in [5.74, 6) is 0. The van der Waals surface area contributed by atoms with Gasteiger partial charge in [-0.1, -0.05) is 0 Å². The van der Waals surface area contributed by atoms with E-state index in [2.05, 4.69) is 38.5 Å². The van der Waals surface area contributed by atoms with Crippen LogP contribution in [0, 0.1) is 0 Å². The molecule has 2 heteroatoms. The van der Waals surface area contributed by atoms with Gasteiger partial charge in [0.25, 0.3) is 0 Å². The molecule has 0 saturated carbocycles. The zero-order valence-corrected chi connectivity index (χ0v) is 5.65. The molecular weight excluding hydrogens is 170 g/mol. The van der Waals surface area contributed by atoms with Gasteiger partial charge >= 0.3 is 51.6 Å². The summed E-state index contributed by atoms with van der Waals surface area (Å²) in [6.45, 7) is 6.38. The van der Waals surface area contributed by atoms with Gasteiger partial charge in [-0.3, -0.25) is 0 Å². The van der Waals surface area contributed by atoms with Crippen LogP contribution < -0.4 is 0 Å². The Morgan fingerprint density at radius 1 is 1.33 bits per heavy atom. The van der Waals surface area contributed by atoms with Gasteiger partial charge in [0.2, 0.25) is 0 Å². The summed E-state index contributed by atoms with van der Waals surface area (Å²) < 4.78 is 2.06. The van der Waals surface area contributed by atoms with Gasteiger partial charge in [0.05, 0.1) is 0 Å². The van der Waals surface area contributed by atoms with Crippen LogP contribution in [0.3, 0.4) is 0 Å². The van der Waals surface area contributed by atoms with E-state index in [0.717, 1.165) is 13.1 Å². The summed E-state index contributed by atoms with van der Waals surface area (Å²) in [7, 11) is 0. The molecule has 0 spiro atoms. The molecule has 0 saturated heterocycles. The van der Waals surface area contributed by atoms with E-state index in [0.29, 0.717) is 0 Å². The fraction of sp³-hybridized carbons (Fsp3) is 1.00. The first-order valence-electron chi connectivity index (χ1n) is 2.18. The van der Waals surface area contributed by atoms with E-state index in [1.54, 1.807) is 0 Å². The van der Waals surface area contributed by atoms with Gasteiger partial charge in [-0.2, -0.15) is 0 Å². The Morgan fingerprint density at radius 3 is 1.67 bits per heavy atom. The van der Waals surface area contributed by atoms with E-state index in [1.807, 2.05) is 0 Å². The van der Waals surface area contributed by atoms with Crippen LogP contribution in [0.5, 0.6) is 0 Å². The molecule has 0 aromatic carbocycles. The van der Waals surface area contributed by atoms with Crippen molar-refractivity contribution in [3.63, 3.8) is 0 Å². The number of rotatable bonds is 2. The summed E-state index contributed by atoms with van der Waals surface area (Å²) in [5, 5.41) is 0. The summed E-state index contributed by atoms with van der Waals surface area (Å²) in [5.41, 5.74) is 0. The van der Waals surface area contributed by atoms with E-state index < -0.39 is 0 Å². The van der Waals surface area contributed by atoms with Crippen molar-refractivity contribution in [2.75, 3.05) is 13.1 Å². The fourth-order valence-electron chi connectivity index (χ4n) is 0.224. The van der Waals surface area contributed by atoms with E-state index in [1.165, 1.54) is 0 Å². The molecule has 0 rings (SSSR count). The van der Waals surface area contributed by atoms with Crippen LogP contribution in [0.2, 0.25) is 0 Å². The van der Waals surface area contributed by atoms with Crippen LogP contribution in [0.15, 0.2) is 0 Å². The Balaban J connectivity index is 2.75. The molecule has 0 fully saturated rings. The minimum atomic E-state index is 1.08. The van der Waals surface area contributed by atoms with E-state index in [9.17, 15) is 0 Å². The molecule has 0 atom stereocenters. The molecule has 0 N–H and O–H groups in total. The van der Waals surface area contributed by atoms with Gasteiger partial charge in [0.15, 0.2) is 0 Å². The topological polar surface area (TPSA) is 3.24 Å². The second kappa shape index (κ2) is 3.88. The summed E-state index contributed by atoms with van der Waals surface area (Å²) >= 11 is 3.32. The van der Waals surface area contributed by atoms with Crippen molar-refractivity contribution < 1.29 is 21.3 Å². The molecule has 0 heterocycles. The molecule has 0 aromatic heterocycles. The average Bonchev–Trinajstić information content (AvgIpc) is 1.65. The molecule has 42 valence electrons. The quantitative estimate of drug-likeness (QED) is 0.568. The third-order valence-electron chi connectivity index (χ3n) is 0.638. The normalized spacial score (nSPS) is 10.2. The maximum atomic E-state index is 3.32. The fourth-order valence-corrected chi connectivity index (χ4v) is 0.224. The molecule has 0 aliphatic heterocycles. The molecule has 0 aliphatic rings. The Hall–Kier alpha value is 0.700. The van der Waals surface area contributed by atoms with Crippen molar-refractivity contribution in [3.8, 4) is 0 Å². The van der Waals surface area contributed by atoms with Crippen molar-refractivity contribution in [3.05, 3.63) is 0 Å². The molecule has 0 aliphatic carbocycles. The number of nitrogens with zero attached hydrogens (tertiary/aromatic N) is 1. The van der Waals surface area contributed by atoms with E-state index >= 15 is 0 Å². The molecule has 0 amide bonds. The average molecular weight is 180 g/mol. The maximum absolute atomic E-state index is 3.32. The van der Waals surface area contributed by atoms with E-state index in [-0.39, 0.29) is 0 Å². The second-order valence-electron chi connectivity index (χ2n) is 1.05. The van der Waals surface area contributed by atoms with Gasteiger partial charge in [-0.05, 0) is 0 Å². The summed E-state index contributed by atoms with van der Waals surface area (Å²) in [6, 6.07) is 0. The number of hydrogen-bond acceptors (Lipinski definition) is 1. The van der Waals surface area contributed by atoms with Gasteiger partial charge in [0, 0.05) is 0 Å². The van der Waals surface area contributed by atoms with Gasteiger partial charge in [-0.25, -0.2) is 0 Å². The second-order valence-corrected chi connectivity index (χ2v) is 1.98. The van der Waals surface area contributed by atoms with Crippen molar-refractivity contribution in [2.45, 2.75) is 13.8 Å². The zero-order chi connectivity index (χ0) is 4.99. The van der Waals surface area contributed by atoms with Gasteiger partial charge < -0.3 is 0 Å². The third kappa shape index (κ3) is 2.91.